The van der Waals surface area contributed by atoms with Crippen LogP contribution in [-0.4, -0.2) is 16.2 Å². The second kappa shape index (κ2) is 2.31. The zero-order chi connectivity index (χ0) is 6.78. The zero-order valence-electron chi connectivity index (χ0n) is 4.84. The fourth-order valence-corrected chi connectivity index (χ4v) is 0.151. The van der Waals surface area contributed by atoms with Gasteiger partial charge in [-0.2, -0.15) is 0 Å². The molecule has 0 aliphatic carbocycles. The van der Waals surface area contributed by atoms with Gasteiger partial charge in [-0.3, -0.25) is 4.79 Å². The lowest BCUT2D eigenvalue weighted by Crippen LogP contribution is -2.23. The summed E-state index contributed by atoms with van der Waals surface area (Å²) < 4.78 is 10.1. The summed E-state index contributed by atoms with van der Waals surface area (Å²) in [6.45, 7) is 2.88. The fourth-order valence-electron chi connectivity index (χ4n) is 0.0504. The Bertz CT molecular complexity index is 118. The number of carbonyl (C=O) groups is 1. The first kappa shape index (κ1) is 7.70. The molecule has 0 heterocycles. The standard InChI is InChI=1S/C4H9O3P/c1-4(2,8-7)3(5)6/h8H2,1-2H3,(H,5,6). The lowest BCUT2D eigenvalue weighted by Gasteiger charge is -2.08. The minimum absolute atomic E-state index is 0.998. The highest BCUT2D eigenvalue weighted by molar-refractivity contribution is 7.27. The van der Waals surface area contributed by atoms with E-state index in [4.69, 9.17) is 5.11 Å². The van der Waals surface area contributed by atoms with Gasteiger partial charge in [0.25, 0.3) is 0 Å². The molecule has 1 N–H and O–H groups in total. The van der Waals surface area contributed by atoms with Crippen molar-refractivity contribution in [2.45, 2.75) is 19.0 Å². The van der Waals surface area contributed by atoms with E-state index >= 15 is 0 Å². The van der Waals surface area contributed by atoms with Crippen LogP contribution in [0.1, 0.15) is 13.8 Å². The predicted molar refractivity (Wildman–Crippen MR) is 32.1 cm³/mol. The SMILES string of the molecule is CC(C)([PH2]=O)C(=O)O. The van der Waals surface area contributed by atoms with Crippen LogP contribution in [0.4, 0.5) is 0 Å². The van der Waals surface area contributed by atoms with Crippen molar-refractivity contribution in [2.75, 3.05) is 0 Å². The monoisotopic (exact) mass is 136 g/mol. The Labute approximate surface area is 48.9 Å². The summed E-state index contributed by atoms with van der Waals surface area (Å²) in [6.07, 6.45) is 0. The van der Waals surface area contributed by atoms with E-state index in [0.29, 0.717) is 0 Å². The average Bonchev–Trinajstić information content (AvgIpc) is 1.67. The maximum absolute atomic E-state index is 10.1. The summed E-state index contributed by atoms with van der Waals surface area (Å²) in [5, 5.41) is 7.25. The second-order valence-electron chi connectivity index (χ2n) is 2.14. The molecule has 3 nitrogen and oxygen atoms in total. The Morgan fingerprint density at radius 1 is 1.62 bits per heavy atom. The number of hydrogen-bond donors (Lipinski definition) is 1. The molecular formula is C4H9O3P. The maximum Gasteiger partial charge on any atom is 0.316 e. The van der Waals surface area contributed by atoms with E-state index < -0.39 is 19.6 Å². The van der Waals surface area contributed by atoms with Gasteiger partial charge in [0.15, 0.2) is 0 Å². The third-order valence-electron chi connectivity index (χ3n) is 0.846. The van der Waals surface area contributed by atoms with Crippen molar-refractivity contribution in [3.05, 3.63) is 0 Å². The van der Waals surface area contributed by atoms with Crippen LogP contribution in [0.3, 0.4) is 0 Å². The van der Waals surface area contributed by atoms with Gasteiger partial charge in [0.05, 0.1) is 8.46 Å². The van der Waals surface area contributed by atoms with Crippen molar-refractivity contribution in [1.82, 2.24) is 0 Å². The predicted octanol–water partition coefficient (Wildman–Crippen LogP) is 0.606. The van der Waals surface area contributed by atoms with Crippen molar-refractivity contribution in [2.24, 2.45) is 0 Å². The Morgan fingerprint density at radius 3 is 2.00 bits per heavy atom. The lowest BCUT2D eigenvalue weighted by atomic mass is 10.2. The molecule has 0 aromatic heterocycles. The van der Waals surface area contributed by atoms with E-state index in [1.54, 1.807) is 0 Å². The number of rotatable bonds is 2. The molecule has 0 amide bonds. The van der Waals surface area contributed by atoms with E-state index in [9.17, 15) is 9.36 Å². The molecule has 0 spiro atoms. The normalized spacial score (nSPS) is 12.8. The first-order valence-electron chi connectivity index (χ1n) is 2.20. The molecule has 0 radical (unpaired) electrons. The van der Waals surface area contributed by atoms with Gasteiger partial charge in [-0.1, -0.05) is 0 Å². The molecule has 48 valence electrons. The largest absolute Gasteiger partial charge is 0.481 e. The Kier molecular flexibility index (Phi) is 2.23. The molecule has 0 saturated carbocycles. The van der Waals surface area contributed by atoms with Gasteiger partial charge in [-0.05, 0) is 13.8 Å². The van der Waals surface area contributed by atoms with Crippen molar-refractivity contribution in [3.63, 3.8) is 0 Å². The van der Waals surface area contributed by atoms with Crippen LogP contribution in [-0.2, 0) is 9.36 Å². The highest BCUT2D eigenvalue weighted by atomic mass is 31.1. The molecule has 0 bridgehead atoms. The van der Waals surface area contributed by atoms with Gasteiger partial charge in [-0.15, -0.1) is 0 Å². The second-order valence-corrected chi connectivity index (χ2v) is 3.82. The van der Waals surface area contributed by atoms with Crippen LogP contribution >= 0.6 is 8.46 Å². The molecule has 4 heteroatoms. The minimum Gasteiger partial charge on any atom is -0.481 e. The number of aliphatic carboxylic acids is 1. The molecule has 1 unspecified atom stereocenters. The quantitative estimate of drug-likeness (QED) is 0.565. The van der Waals surface area contributed by atoms with Gasteiger partial charge >= 0.3 is 5.97 Å². The van der Waals surface area contributed by atoms with E-state index in [2.05, 4.69) is 0 Å². The molecule has 0 aromatic carbocycles. The first-order valence-corrected chi connectivity index (χ1v) is 3.25. The van der Waals surface area contributed by atoms with Crippen molar-refractivity contribution >= 4 is 14.4 Å². The molecule has 0 aliphatic rings. The summed E-state index contributed by atoms with van der Waals surface area (Å²) in [5.41, 5.74) is 0. The van der Waals surface area contributed by atoms with E-state index in [1.165, 1.54) is 13.8 Å². The third-order valence-corrected chi connectivity index (χ3v) is 1.68. The van der Waals surface area contributed by atoms with E-state index in [0.717, 1.165) is 0 Å². The van der Waals surface area contributed by atoms with Crippen molar-refractivity contribution < 1.29 is 14.5 Å². The molecule has 0 fully saturated rings. The highest BCUT2D eigenvalue weighted by Gasteiger charge is 2.24. The fraction of sp³-hybridized carbons (Fsp3) is 0.750. The smallest absolute Gasteiger partial charge is 0.316 e. The summed E-state index contributed by atoms with van der Waals surface area (Å²) in [7, 11) is -1.22. The first-order chi connectivity index (χ1) is 3.50. The third kappa shape index (κ3) is 1.66. The summed E-state index contributed by atoms with van der Waals surface area (Å²) >= 11 is 0. The van der Waals surface area contributed by atoms with Gasteiger partial charge in [0.1, 0.15) is 5.16 Å². The minimum atomic E-state index is -1.22. The van der Waals surface area contributed by atoms with Crippen LogP contribution in [0.2, 0.25) is 0 Å². The van der Waals surface area contributed by atoms with Crippen LogP contribution in [0, 0.1) is 0 Å². The van der Waals surface area contributed by atoms with E-state index in [1.807, 2.05) is 0 Å². The Balaban J connectivity index is 4.12. The zero-order valence-corrected chi connectivity index (χ0v) is 6.00. The molecule has 1 atom stereocenters. The highest BCUT2D eigenvalue weighted by Crippen LogP contribution is 2.20. The van der Waals surface area contributed by atoms with Gasteiger partial charge in [0, 0.05) is 0 Å². The lowest BCUT2D eigenvalue weighted by molar-refractivity contribution is -0.139. The molecule has 0 aromatic rings. The van der Waals surface area contributed by atoms with E-state index in [-0.39, 0.29) is 0 Å². The maximum atomic E-state index is 10.1. The molecule has 0 aliphatic heterocycles. The number of hydrogen-bond acceptors (Lipinski definition) is 2. The van der Waals surface area contributed by atoms with Gasteiger partial charge in [-0.25, -0.2) is 0 Å². The Morgan fingerprint density at radius 2 is 2.00 bits per heavy atom. The van der Waals surface area contributed by atoms with Crippen LogP contribution < -0.4 is 0 Å². The molecule has 8 heavy (non-hydrogen) atoms. The molecule has 0 rings (SSSR count). The Hall–Kier alpha value is -0.300. The number of carboxylic acid groups (broad SMARTS) is 1. The van der Waals surface area contributed by atoms with Gasteiger partial charge in [0.2, 0.25) is 0 Å². The van der Waals surface area contributed by atoms with Crippen LogP contribution in [0.15, 0.2) is 0 Å². The topological polar surface area (TPSA) is 54.4 Å². The summed E-state index contributed by atoms with van der Waals surface area (Å²) in [6, 6.07) is 0. The summed E-state index contributed by atoms with van der Waals surface area (Å²) in [5.74, 6) is -0.998. The molecular weight excluding hydrogens is 127 g/mol. The molecule has 0 saturated heterocycles. The average molecular weight is 136 g/mol. The van der Waals surface area contributed by atoms with Crippen molar-refractivity contribution in [3.8, 4) is 0 Å². The van der Waals surface area contributed by atoms with Crippen LogP contribution in [0.25, 0.3) is 0 Å². The van der Waals surface area contributed by atoms with Gasteiger partial charge < -0.3 is 9.67 Å². The summed E-state index contributed by atoms with van der Waals surface area (Å²) in [4.78, 5) is 10.1. The number of carboxylic acids is 1. The van der Waals surface area contributed by atoms with Crippen LogP contribution in [0.5, 0.6) is 0 Å². The van der Waals surface area contributed by atoms with Crippen molar-refractivity contribution in [1.29, 1.82) is 0 Å².